The van der Waals surface area contributed by atoms with Crippen LogP contribution in [0.5, 0.6) is 5.75 Å². The Morgan fingerprint density at radius 1 is 0.885 bits per heavy atom. The maximum Gasteiger partial charge on any atom is 0.231 e. The van der Waals surface area contributed by atoms with Crippen molar-refractivity contribution in [2.75, 3.05) is 31.3 Å². The minimum absolute atomic E-state index is 0.105. The highest BCUT2D eigenvalue weighted by molar-refractivity contribution is 7.92. The van der Waals surface area contributed by atoms with Gasteiger partial charge >= 0.3 is 0 Å². The Bertz CT molecular complexity index is 1970. The monoisotopic (exact) mass is 724 g/mol. The van der Waals surface area contributed by atoms with Crippen LogP contribution < -0.4 is 9.04 Å². The van der Waals surface area contributed by atoms with Gasteiger partial charge in [0, 0.05) is 44.1 Å². The molecule has 9 nitrogen and oxygen atoms in total. The number of ketones is 2. The SMILES string of the molecule is COc1cccc(CN2CCC[C@@H]([C@@H](O)[C@@H](CC(=O)c3cc(C(=O)C[C@H](C)c4ccccc4)cc(N(C)S(C)(=O)=O)c3)Cc3ccccc3)C2=O)c1. The van der Waals surface area contributed by atoms with E-state index in [0.717, 1.165) is 27.3 Å². The molecule has 0 aromatic heterocycles. The lowest BCUT2D eigenvalue weighted by Crippen LogP contribution is -2.47. The third kappa shape index (κ3) is 9.74. The Hall–Kier alpha value is -4.80. The van der Waals surface area contributed by atoms with Gasteiger partial charge in [-0.25, -0.2) is 8.42 Å². The summed E-state index contributed by atoms with van der Waals surface area (Å²) in [5.41, 5.74) is 3.42. The molecule has 274 valence electrons. The Morgan fingerprint density at radius 2 is 1.50 bits per heavy atom. The van der Waals surface area contributed by atoms with Crippen LogP contribution in [0.3, 0.4) is 0 Å². The minimum Gasteiger partial charge on any atom is -0.497 e. The largest absolute Gasteiger partial charge is 0.497 e. The molecule has 1 heterocycles. The number of amides is 1. The molecule has 0 radical (unpaired) electrons. The Balaban J connectivity index is 1.43. The van der Waals surface area contributed by atoms with Gasteiger partial charge in [0.1, 0.15) is 5.75 Å². The van der Waals surface area contributed by atoms with Crippen LogP contribution in [-0.4, -0.2) is 69.0 Å². The lowest BCUT2D eigenvalue weighted by Gasteiger charge is -2.37. The molecule has 0 aliphatic carbocycles. The van der Waals surface area contributed by atoms with Crippen molar-refractivity contribution in [3.05, 3.63) is 131 Å². The van der Waals surface area contributed by atoms with E-state index in [1.807, 2.05) is 91.9 Å². The zero-order valence-corrected chi connectivity index (χ0v) is 31.1. The highest BCUT2D eigenvalue weighted by Crippen LogP contribution is 2.32. The van der Waals surface area contributed by atoms with Gasteiger partial charge in [0.15, 0.2) is 11.6 Å². The Labute approximate surface area is 307 Å². The molecule has 1 fully saturated rings. The number of benzene rings is 4. The first kappa shape index (κ1) is 38.4. The molecule has 10 heteroatoms. The van der Waals surface area contributed by atoms with Crippen LogP contribution in [0, 0.1) is 11.8 Å². The number of ether oxygens (including phenoxy) is 1. The average Bonchev–Trinajstić information content (AvgIpc) is 3.15. The molecule has 1 aliphatic rings. The van der Waals surface area contributed by atoms with Crippen molar-refractivity contribution in [3.63, 3.8) is 0 Å². The van der Waals surface area contributed by atoms with Crippen molar-refractivity contribution in [1.29, 1.82) is 0 Å². The van der Waals surface area contributed by atoms with Gasteiger partial charge in [0.2, 0.25) is 15.9 Å². The molecule has 4 atom stereocenters. The number of rotatable bonds is 16. The number of piperidine rings is 1. The summed E-state index contributed by atoms with van der Waals surface area (Å²) in [5.74, 6) is -1.49. The van der Waals surface area contributed by atoms with Crippen LogP contribution in [-0.2, 0) is 27.8 Å². The molecule has 4 aromatic carbocycles. The van der Waals surface area contributed by atoms with E-state index in [9.17, 15) is 27.9 Å². The molecule has 1 N–H and O–H groups in total. The van der Waals surface area contributed by atoms with Crippen molar-refractivity contribution >= 4 is 33.2 Å². The summed E-state index contributed by atoms with van der Waals surface area (Å²) >= 11 is 0. The van der Waals surface area contributed by atoms with Crippen LogP contribution in [0.25, 0.3) is 0 Å². The first-order chi connectivity index (χ1) is 24.8. The number of carbonyl (C=O) groups excluding carboxylic acids is 3. The van der Waals surface area contributed by atoms with Gasteiger partial charge in [-0.3, -0.25) is 18.7 Å². The van der Waals surface area contributed by atoms with E-state index in [1.165, 1.54) is 25.2 Å². The average molecular weight is 725 g/mol. The van der Waals surface area contributed by atoms with Crippen molar-refractivity contribution in [3.8, 4) is 5.75 Å². The quantitative estimate of drug-likeness (QED) is 0.128. The third-order valence-corrected chi connectivity index (χ3v) is 11.3. The van der Waals surface area contributed by atoms with E-state index in [4.69, 9.17) is 4.74 Å². The van der Waals surface area contributed by atoms with E-state index in [2.05, 4.69) is 0 Å². The maximum atomic E-state index is 14.2. The molecule has 4 aromatic rings. The zero-order chi connectivity index (χ0) is 37.4. The molecule has 0 bridgehead atoms. The first-order valence-electron chi connectivity index (χ1n) is 17.7. The molecule has 0 unspecified atom stereocenters. The summed E-state index contributed by atoms with van der Waals surface area (Å²) in [6, 6.07) is 31.2. The highest BCUT2D eigenvalue weighted by Gasteiger charge is 2.38. The number of aliphatic hydroxyl groups excluding tert-OH is 1. The van der Waals surface area contributed by atoms with Crippen LogP contribution in [0.1, 0.15) is 75.9 Å². The molecule has 1 amide bonds. The summed E-state index contributed by atoms with van der Waals surface area (Å²) < 4.78 is 31.6. The number of anilines is 1. The number of carbonyl (C=O) groups is 3. The lowest BCUT2D eigenvalue weighted by molar-refractivity contribution is -0.145. The number of hydrogen-bond acceptors (Lipinski definition) is 7. The molecule has 1 aliphatic heterocycles. The summed E-state index contributed by atoms with van der Waals surface area (Å²) in [6.45, 7) is 2.88. The highest BCUT2D eigenvalue weighted by atomic mass is 32.2. The molecule has 0 saturated carbocycles. The number of likely N-dealkylation sites (tertiary alicyclic amines) is 1. The van der Waals surface area contributed by atoms with Crippen molar-refractivity contribution < 1.29 is 32.6 Å². The molecular formula is C42H48N2O7S. The second-order valence-electron chi connectivity index (χ2n) is 13.9. The summed E-state index contributed by atoms with van der Waals surface area (Å²) in [6.07, 6.45) is 1.52. The standard InChI is InChI=1S/C42H48N2O7S/c1-29(32-16-9-6-10-17-32)21-39(45)33-24-34(26-36(25-33)43(2)52(4,49)50)40(46)27-35(22-30-13-7-5-8-14-30)41(47)38-19-12-20-44(42(38)48)28-31-15-11-18-37(23-31)51-3/h5-11,13-18,23-26,29,35,38,41,47H,12,19-22,27-28H2,1-4H3/t29-,35+,38-,41-/m0/s1. The lowest BCUT2D eigenvalue weighted by atomic mass is 9.79. The van der Waals surface area contributed by atoms with Crippen LogP contribution >= 0.6 is 0 Å². The number of nitrogens with zero attached hydrogens (tertiary/aromatic N) is 2. The molecular weight excluding hydrogens is 677 g/mol. The van der Waals surface area contributed by atoms with Gasteiger partial charge in [-0.2, -0.15) is 0 Å². The molecule has 0 spiro atoms. The number of Topliss-reactive ketones (excluding diaryl/α,β-unsaturated/α-hetero) is 2. The summed E-state index contributed by atoms with van der Waals surface area (Å²) in [7, 11) is -0.738. The Kier molecular flexibility index (Phi) is 12.7. The van der Waals surface area contributed by atoms with E-state index in [-0.39, 0.29) is 53.0 Å². The smallest absolute Gasteiger partial charge is 0.231 e. The van der Waals surface area contributed by atoms with Gasteiger partial charge in [-0.1, -0.05) is 79.7 Å². The fraction of sp³-hybridized carbons (Fsp3) is 0.357. The summed E-state index contributed by atoms with van der Waals surface area (Å²) in [4.78, 5) is 43.6. The zero-order valence-electron chi connectivity index (χ0n) is 30.3. The van der Waals surface area contributed by atoms with Gasteiger partial charge < -0.3 is 14.7 Å². The molecule has 5 rings (SSSR count). The molecule has 52 heavy (non-hydrogen) atoms. The normalized spacial score (nSPS) is 16.5. The van der Waals surface area contributed by atoms with Crippen molar-refractivity contribution in [2.45, 2.75) is 57.6 Å². The van der Waals surface area contributed by atoms with Gasteiger partial charge in [0.05, 0.1) is 31.1 Å². The van der Waals surface area contributed by atoms with Crippen molar-refractivity contribution in [2.24, 2.45) is 11.8 Å². The van der Waals surface area contributed by atoms with Crippen LogP contribution in [0.15, 0.2) is 103 Å². The van der Waals surface area contributed by atoms with E-state index < -0.39 is 28.0 Å². The first-order valence-corrected chi connectivity index (χ1v) is 19.5. The van der Waals surface area contributed by atoms with Gasteiger partial charge in [-0.05, 0) is 78.1 Å². The Morgan fingerprint density at radius 3 is 2.13 bits per heavy atom. The maximum absolute atomic E-state index is 14.2. The fourth-order valence-corrected chi connectivity index (χ4v) is 7.44. The van der Waals surface area contributed by atoms with Gasteiger partial charge in [0.25, 0.3) is 0 Å². The van der Waals surface area contributed by atoms with Crippen LogP contribution in [0.4, 0.5) is 5.69 Å². The van der Waals surface area contributed by atoms with Gasteiger partial charge in [-0.15, -0.1) is 0 Å². The van der Waals surface area contributed by atoms with E-state index >= 15 is 0 Å². The number of aliphatic hydroxyl groups is 1. The fourth-order valence-electron chi connectivity index (χ4n) is 6.95. The third-order valence-electron chi connectivity index (χ3n) is 10.0. The number of methoxy groups -OCH3 is 1. The predicted molar refractivity (Wildman–Crippen MR) is 203 cm³/mol. The second-order valence-corrected chi connectivity index (χ2v) is 15.9. The predicted octanol–water partition coefficient (Wildman–Crippen LogP) is 6.70. The van der Waals surface area contributed by atoms with E-state index in [1.54, 1.807) is 12.0 Å². The number of sulfonamides is 1. The second kappa shape index (κ2) is 17.1. The van der Waals surface area contributed by atoms with Crippen molar-refractivity contribution in [1.82, 2.24) is 4.90 Å². The molecule has 1 saturated heterocycles. The van der Waals surface area contributed by atoms with Crippen LogP contribution in [0.2, 0.25) is 0 Å². The number of hydrogen-bond donors (Lipinski definition) is 1. The minimum atomic E-state index is -3.72. The topological polar surface area (TPSA) is 121 Å². The van der Waals surface area contributed by atoms with E-state index in [0.29, 0.717) is 38.1 Å². The summed E-state index contributed by atoms with van der Waals surface area (Å²) in [5, 5.41) is 12.0.